The molecule has 2 rings (SSSR count). The van der Waals surface area contributed by atoms with Crippen LogP contribution in [0.4, 0.5) is 0 Å². The molecule has 0 spiro atoms. The van der Waals surface area contributed by atoms with E-state index < -0.39 is 0 Å². The summed E-state index contributed by atoms with van der Waals surface area (Å²) in [7, 11) is 1.93. The van der Waals surface area contributed by atoms with Crippen molar-refractivity contribution in [1.29, 1.82) is 0 Å². The summed E-state index contributed by atoms with van der Waals surface area (Å²) in [6.45, 7) is 6.11. The van der Waals surface area contributed by atoms with Crippen LogP contribution in [0.1, 0.15) is 31.0 Å². The number of rotatable bonds is 2. The van der Waals surface area contributed by atoms with E-state index in [4.69, 9.17) is 0 Å². The predicted molar refractivity (Wildman–Crippen MR) is 69.8 cm³/mol. The van der Waals surface area contributed by atoms with Crippen molar-refractivity contribution in [3.8, 4) is 5.69 Å². The van der Waals surface area contributed by atoms with Gasteiger partial charge in [0.2, 0.25) is 0 Å². The maximum atomic E-state index is 12.4. The third kappa shape index (κ3) is 1.82. The summed E-state index contributed by atoms with van der Waals surface area (Å²) in [6.07, 6.45) is 0. The van der Waals surface area contributed by atoms with Crippen LogP contribution < -0.4 is 5.56 Å². The van der Waals surface area contributed by atoms with Crippen LogP contribution in [0.2, 0.25) is 0 Å². The van der Waals surface area contributed by atoms with Crippen LogP contribution in [0.25, 0.3) is 5.69 Å². The second kappa shape index (κ2) is 4.24. The molecule has 0 radical (unpaired) electrons. The van der Waals surface area contributed by atoms with E-state index in [-0.39, 0.29) is 11.5 Å². The average molecular weight is 229 g/mol. The van der Waals surface area contributed by atoms with Crippen LogP contribution in [0, 0.1) is 6.92 Å². The Morgan fingerprint density at radius 2 is 1.71 bits per heavy atom. The quantitative estimate of drug-likeness (QED) is 0.777. The zero-order chi connectivity index (χ0) is 12.6. The van der Waals surface area contributed by atoms with Gasteiger partial charge in [0.1, 0.15) is 0 Å². The maximum absolute atomic E-state index is 12.4. The van der Waals surface area contributed by atoms with Gasteiger partial charge < -0.3 is 0 Å². The van der Waals surface area contributed by atoms with Crippen molar-refractivity contribution >= 4 is 0 Å². The lowest BCUT2D eigenvalue weighted by atomic mass is 10.0. The highest BCUT2D eigenvalue weighted by Crippen LogP contribution is 2.17. The minimum Gasteiger partial charge on any atom is -0.285 e. The summed E-state index contributed by atoms with van der Waals surface area (Å²) in [6, 6.07) is 9.74. The van der Waals surface area contributed by atoms with E-state index in [0.29, 0.717) is 0 Å². The first-order chi connectivity index (χ1) is 8.04. The highest BCUT2D eigenvalue weighted by atomic mass is 16.1. The van der Waals surface area contributed by atoms with Crippen LogP contribution in [-0.2, 0) is 7.05 Å². The smallest absolute Gasteiger partial charge is 0.275 e. The summed E-state index contributed by atoms with van der Waals surface area (Å²) >= 11 is 0. The molecule has 0 aliphatic heterocycles. The number of aromatic nitrogens is 2. The average Bonchev–Trinajstić information content (AvgIpc) is 2.51. The van der Waals surface area contributed by atoms with Crippen molar-refractivity contribution < 1.29 is 0 Å². The second-order valence-corrected chi connectivity index (χ2v) is 4.63. The standard InChI is InChI=1S/C14H18N2O/c1-10(2)13-11(3)15(4)16(14(13)17)12-8-6-5-7-9-12/h5-10H,1-4H3/i4-1. The molecule has 0 unspecified atom stereocenters. The predicted octanol–water partition coefficient (Wildman–Crippen LogP) is 2.61. The van der Waals surface area contributed by atoms with E-state index in [2.05, 4.69) is 13.8 Å². The van der Waals surface area contributed by atoms with Crippen molar-refractivity contribution in [3.63, 3.8) is 0 Å². The van der Waals surface area contributed by atoms with Crippen molar-refractivity contribution in [2.45, 2.75) is 26.7 Å². The number of hydrogen-bond acceptors (Lipinski definition) is 1. The largest absolute Gasteiger partial charge is 0.285 e. The fraction of sp³-hybridized carbons (Fsp3) is 0.357. The molecule has 1 heterocycles. The fourth-order valence-electron chi connectivity index (χ4n) is 2.25. The molecule has 3 heteroatoms. The van der Waals surface area contributed by atoms with Crippen LogP contribution >= 0.6 is 0 Å². The molecule has 0 amide bonds. The van der Waals surface area contributed by atoms with Crippen molar-refractivity contribution in [2.24, 2.45) is 7.05 Å². The zero-order valence-electron chi connectivity index (χ0n) is 10.8. The molecule has 0 aliphatic rings. The molecule has 90 valence electrons. The van der Waals surface area contributed by atoms with Crippen molar-refractivity contribution in [2.75, 3.05) is 0 Å². The van der Waals surface area contributed by atoms with E-state index in [1.165, 1.54) is 0 Å². The Bertz CT molecular complexity index is 576. The van der Waals surface area contributed by atoms with Gasteiger partial charge in [0.25, 0.3) is 5.56 Å². The molecular weight excluding hydrogens is 211 g/mol. The Morgan fingerprint density at radius 3 is 2.18 bits per heavy atom. The first kappa shape index (κ1) is 11.7. The molecule has 0 aliphatic carbocycles. The molecule has 0 N–H and O–H groups in total. The summed E-state index contributed by atoms with van der Waals surface area (Å²) < 4.78 is 3.65. The third-order valence-corrected chi connectivity index (χ3v) is 3.18. The molecule has 0 atom stereocenters. The van der Waals surface area contributed by atoms with Gasteiger partial charge in [-0.1, -0.05) is 32.0 Å². The van der Waals surface area contributed by atoms with Gasteiger partial charge >= 0.3 is 0 Å². The molecule has 3 nitrogen and oxygen atoms in total. The van der Waals surface area contributed by atoms with Gasteiger partial charge in [-0.2, -0.15) is 0 Å². The molecular formula is C14H18N2O. The lowest BCUT2D eigenvalue weighted by Crippen LogP contribution is -2.21. The molecule has 0 saturated heterocycles. The topological polar surface area (TPSA) is 26.9 Å². The highest BCUT2D eigenvalue weighted by molar-refractivity contribution is 5.34. The summed E-state index contributed by atoms with van der Waals surface area (Å²) in [5, 5.41) is 0. The summed E-state index contributed by atoms with van der Waals surface area (Å²) in [4.78, 5) is 12.4. The Labute approximate surface area is 101 Å². The normalized spacial score (nSPS) is 11.1. The van der Waals surface area contributed by atoms with Gasteiger partial charge in [-0.15, -0.1) is 0 Å². The molecule has 1 aromatic heterocycles. The SMILES string of the molecule is Cc1c(C(C)C)c(=O)n(-c2ccccc2)n1[11CH3]. The second-order valence-electron chi connectivity index (χ2n) is 4.63. The summed E-state index contributed by atoms with van der Waals surface area (Å²) in [5.74, 6) is 0.249. The van der Waals surface area contributed by atoms with Crippen LogP contribution in [0.5, 0.6) is 0 Å². The van der Waals surface area contributed by atoms with Crippen LogP contribution in [-0.4, -0.2) is 9.36 Å². The zero-order valence-corrected chi connectivity index (χ0v) is 10.8. The summed E-state index contributed by atoms with van der Waals surface area (Å²) in [5.41, 5.74) is 2.94. The number of hydrogen-bond donors (Lipinski definition) is 0. The fourth-order valence-corrected chi connectivity index (χ4v) is 2.25. The lowest BCUT2D eigenvalue weighted by Gasteiger charge is -2.07. The molecule has 1 aromatic carbocycles. The highest BCUT2D eigenvalue weighted by Gasteiger charge is 2.17. The van der Waals surface area contributed by atoms with E-state index in [9.17, 15) is 4.79 Å². The van der Waals surface area contributed by atoms with E-state index in [1.807, 2.05) is 49.0 Å². The van der Waals surface area contributed by atoms with Crippen LogP contribution in [0.3, 0.4) is 0 Å². The number of benzene rings is 1. The van der Waals surface area contributed by atoms with E-state index in [0.717, 1.165) is 16.9 Å². The third-order valence-electron chi connectivity index (χ3n) is 3.18. The van der Waals surface area contributed by atoms with Gasteiger partial charge in [-0.3, -0.25) is 9.48 Å². The molecule has 0 saturated carbocycles. The minimum atomic E-state index is 0.0891. The van der Waals surface area contributed by atoms with Gasteiger partial charge in [-0.05, 0) is 25.0 Å². The first-order valence-electron chi connectivity index (χ1n) is 5.88. The number of para-hydroxylation sites is 1. The first-order valence-corrected chi connectivity index (χ1v) is 5.88. The van der Waals surface area contributed by atoms with Crippen molar-refractivity contribution in [3.05, 3.63) is 51.9 Å². The monoisotopic (exact) mass is 229 g/mol. The molecule has 2 aromatic rings. The molecule has 17 heavy (non-hydrogen) atoms. The Morgan fingerprint density at radius 1 is 1.12 bits per heavy atom. The van der Waals surface area contributed by atoms with Gasteiger partial charge in [0.05, 0.1) is 5.69 Å². The van der Waals surface area contributed by atoms with Crippen LogP contribution in [0.15, 0.2) is 35.1 Å². The molecule has 0 fully saturated rings. The van der Waals surface area contributed by atoms with E-state index >= 15 is 0 Å². The van der Waals surface area contributed by atoms with Crippen molar-refractivity contribution in [1.82, 2.24) is 9.36 Å². The van der Waals surface area contributed by atoms with Gasteiger partial charge in [0.15, 0.2) is 0 Å². The Balaban J connectivity index is 2.73. The van der Waals surface area contributed by atoms with E-state index in [1.54, 1.807) is 4.68 Å². The Kier molecular flexibility index (Phi) is 2.92. The minimum absolute atomic E-state index is 0.0891. The Hall–Kier alpha value is -1.77. The maximum Gasteiger partial charge on any atom is 0.275 e. The molecule has 0 bridgehead atoms. The lowest BCUT2D eigenvalue weighted by molar-refractivity contribution is 0.630. The number of nitrogens with zero attached hydrogens (tertiary/aromatic N) is 2. The van der Waals surface area contributed by atoms with Gasteiger partial charge in [0, 0.05) is 18.3 Å². The van der Waals surface area contributed by atoms with Gasteiger partial charge in [-0.25, -0.2) is 4.68 Å².